The molecule has 2 aromatic rings. The van der Waals surface area contributed by atoms with Gasteiger partial charge in [-0.3, -0.25) is 4.79 Å². The number of rotatable bonds is 6. The topological polar surface area (TPSA) is 75.7 Å². The maximum absolute atomic E-state index is 12.7. The van der Waals surface area contributed by atoms with Crippen molar-refractivity contribution in [1.29, 1.82) is 0 Å². The number of morpholine rings is 1. The van der Waals surface area contributed by atoms with E-state index in [0.717, 1.165) is 16.9 Å². The number of ether oxygens (including phenoxy) is 1. The SMILES string of the molecule is O=C(NCc1ccc(S(=O)(=O)N2CCOCC2)s1)C1CC1c1ccccc1Cl. The Labute approximate surface area is 173 Å². The Balaban J connectivity index is 1.34. The molecule has 1 saturated carbocycles. The summed E-state index contributed by atoms with van der Waals surface area (Å²) in [5.41, 5.74) is 1.01. The Morgan fingerprint density at radius 1 is 1.21 bits per heavy atom. The second-order valence-electron chi connectivity index (χ2n) is 6.93. The van der Waals surface area contributed by atoms with Crippen LogP contribution in [0.15, 0.2) is 40.6 Å². The fourth-order valence-electron chi connectivity index (χ4n) is 3.42. The molecular weight excluding hydrogens is 420 g/mol. The van der Waals surface area contributed by atoms with E-state index in [1.165, 1.54) is 15.6 Å². The van der Waals surface area contributed by atoms with E-state index in [0.29, 0.717) is 42.1 Å². The molecule has 28 heavy (non-hydrogen) atoms. The van der Waals surface area contributed by atoms with Gasteiger partial charge < -0.3 is 10.1 Å². The first-order chi connectivity index (χ1) is 13.5. The van der Waals surface area contributed by atoms with Crippen molar-refractivity contribution in [3.05, 3.63) is 51.9 Å². The van der Waals surface area contributed by atoms with Crippen molar-refractivity contribution in [3.63, 3.8) is 0 Å². The van der Waals surface area contributed by atoms with Crippen molar-refractivity contribution in [2.24, 2.45) is 5.92 Å². The minimum absolute atomic E-state index is 0.0177. The lowest BCUT2D eigenvalue weighted by atomic mass is 10.1. The standard InChI is InChI=1S/C19H21ClN2O4S2/c20-17-4-2-1-3-14(17)15-11-16(15)19(23)21-12-13-5-6-18(27-13)28(24,25)22-7-9-26-10-8-22/h1-6,15-16H,7-12H2,(H,21,23). The van der Waals surface area contributed by atoms with Gasteiger partial charge in [0, 0.05) is 28.9 Å². The minimum Gasteiger partial charge on any atom is -0.379 e. The molecule has 6 nitrogen and oxygen atoms in total. The number of carbonyl (C=O) groups excluding carboxylic acids is 1. The molecule has 1 aromatic heterocycles. The van der Waals surface area contributed by atoms with E-state index >= 15 is 0 Å². The molecule has 1 saturated heterocycles. The molecule has 1 N–H and O–H groups in total. The molecule has 150 valence electrons. The van der Waals surface area contributed by atoms with E-state index in [9.17, 15) is 13.2 Å². The predicted molar refractivity (Wildman–Crippen MR) is 108 cm³/mol. The molecule has 4 rings (SSSR count). The molecule has 1 aliphatic heterocycles. The normalized spacial score (nSPS) is 22.8. The van der Waals surface area contributed by atoms with Gasteiger partial charge in [-0.1, -0.05) is 29.8 Å². The van der Waals surface area contributed by atoms with Crippen LogP contribution < -0.4 is 5.32 Å². The van der Waals surface area contributed by atoms with Crippen molar-refractivity contribution in [2.45, 2.75) is 23.1 Å². The number of sulfonamides is 1. The van der Waals surface area contributed by atoms with E-state index in [1.807, 2.05) is 24.3 Å². The van der Waals surface area contributed by atoms with Crippen LogP contribution in [-0.2, 0) is 26.1 Å². The molecule has 2 unspecified atom stereocenters. The molecule has 1 aromatic carbocycles. The third-order valence-corrected chi connectivity index (χ3v) is 8.87. The van der Waals surface area contributed by atoms with E-state index in [1.54, 1.807) is 12.1 Å². The van der Waals surface area contributed by atoms with E-state index in [2.05, 4.69) is 5.32 Å². The highest BCUT2D eigenvalue weighted by Crippen LogP contribution is 2.49. The Morgan fingerprint density at radius 2 is 1.96 bits per heavy atom. The smallest absolute Gasteiger partial charge is 0.252 e. The monoisotopic (exact) mass is 440 g/mol. The van der Waals surface area contributed by atoms with Crippen molar-refractivity contribution in [2.75, 3.05) is 26.3 Å². The number of amides is 1. The lowest BCUT2D eigenvalue weighted by Crippen LogP contribution is -2.40. The molecule has 0 spiro atoms. The van der Waals surface area contributed by atoms with Crippen LogP contribution in [0.25, 0.3) is 0 Å². The first-order valence-corrected chi connectivity index (χ1v) is 11.8. The van der Waals surface area contributed by atoms with Crippen molar-refractivity contribution >= 4 is 38.9 Å². The highest BCUT2D eigenvalue weighted by atomic mass is 35.5. The van der Waals surface area contributed by atoms with Crippen molar-refractivity contribution in [1.82, 2.24) is 9.62 Å². The van der Waals surface area contributed by atoms with Crippen LogP contribution >= 0.6 is 22.9 Å². The zero-order valence-electron chi connectivity index (χ0n) is 15.1. The molecule has 2 heterocycles. The van der Waals surface area contributed by atoms with Crippen LogP contribution in [0.3, 0.4) is 0 Å². The van der Waals surface area contributed by atoms with Gasteiger partial charge in [0.1, 0.15) is 4.21 Å². The summed E-state index contributed by atoms with van der Waals surface area (Å²) in [6, 6.07) is 11.0. The van der Waals surface area contributed by atoms with E-state index in [-0.39, 0.29) is 17.7 Å². The summed E-state index contributed by atoms with van der Waals surface area (Å²) in [6.07, 6.45) is 0.788. The Morgan fingerprint density at radius 3 is 2.71 bits per heavy atom. The summed E-state index contributed by atoms with van der Waals surface area (Å²) in [6.45, 7) is 1.91. The summed E-state index contributed by atoms with van der Waals surface area (Å²) in [4.78, 5) is 13.2. The molecule has 9 heteroatoms. The number of halogens is 1. The zero-order chi connectivity index (χ0) is 19.7. The summed E-state index contributed by atoms with van der Waals surface area (Å²) >= 11 is 7.41. The van der Waals surface area contributed by atoms with Gasteiger partial charge >= 0.3 is 0 Å². The van der Waals surface area contributed by atoms with Crippen LogP contribution in [0.1, 0.15) is 22.8 Å². The van der Waals surface area contributed by atoms with Gasteiger partial charge in [-0.15, -0.1) is 11.3 Å². The molecule has 2 aliphatic rings. The molecular formula is C19H21ClN2O4S2. The van der Waals surface area contributed by atoms with Gasteiger partial charge in [-0.2, -0.15) is 4.31 Å². The minimum atomic E-state index is -3.49. The zero-order valence-corrected chi connectivity index (χ0v) is 17.5. The van der Waals surface area contributed by atoms with Crippen LogP contribution in [0.5, 0.6) is 0 Å². The first kappa shape index (κ1) is 19.8. The number of hydrogen-bond acceptors (Lipinski definition) is 5. The number of nitrogens with one attached hydrogen (secondary N) is 1. The maximum atomic E-state index is 12.7. The second-order valence-corrected chi connectivity index (χ2v) is 10.7. The fraction of sp³-hybridized carbons (Fsp3) is 0.421. The highest BCUT2D eigenvalue weighted by Gasteiger charge is 2.44. The van der Waals surface area contributed by atoms with Crippen LogP contribution in [-0.4, -0.2) is 44.9 Å². The van der Waals surface area contributed by atoms with E-state index < -0.39 is 10.0 Å². The number of carbonyl (C=O) groups is 1. The molecule has 2 atom stereocenters. The lowest BCUT2D eigenvalue weighted by molar-refractivity contribution is -0.122. The first-order valence-electron chi connectivity index (χ1n) is 9.15. The van der Waals surface area contributed by atoms with Crippen molar-refractivity contribution < 1.29 is 17.9 Å². The summed E-state index contributed by atoms with van der Waals surface area (Å²) in [5.74, 6) is 0.0709. The Kier molecular flexibility index (Phi) is 5.76. The highest BCUT2D eigenvalue weighted by molar-refractivity contribution is 7.91. The molecule has 1 amide bonds. The summed E-state index contributed by atoms with van der Waals surface area (Å²) in [5, 5.41) is 3.62. The fourth-order valence-corrected chi connectivity index (χ4v) is 6.55. The molecule has 0 radical (unpaired) electrons. The number of thiophene rings is 1. The van der Waals surface area contributed by atoms with Gasteiger partial charge in [-0.05, 0) is 36.1 Å². The number of benzene rings is 1. The van der Waals surface area contributed by atoms with Gasteiger partial charge in [0.15, 0.2) is 0 Å². The predicted octanol–water partition coefficient (Wildman–Crippen LogP) is 2.84. The van der Waals surface area contributed by atoms with Crippen LogP contribution in [0.2, 0.25) is 5.02 Å². The van der Waals surface area contributed by atoms with Crippen molar-refractivity contribution in [3.8, 4) is 0 Å². The number of hydrogen-bond donors (Lipinski definition) is 1. The third kappa shape index (κ3) is 4.11. The van der Waals surface area contributed by atoms with Crippen LogP contribution in [0, 0.1) is 5.92 Å². The Bertz CT molecular complexity index is 970. The average Bonchev–Trinajstić information content (AvgIpc) is 3.35. The van der Waals surface area contributed by atoms with Gasteiger partial charge in [0.05, 0.1) is 19.8 Å². The third-order valence-electron chi connectivity index (χ3n) is 5.07. The average molecular weight is 441 g/mol. The van der Waals surface area contributed by atoms with Crippen LogP contribution in [0.4, 0.5) is 0 Å². The molecule has 1 aliphatic carbocycles. The van der Waals surface area contributed by atoms with Gasteiger partial charge in [-0.25, -0.2) is 8.42 Å². The Hall–Kier alpha value is -1.45. The van der Waals surface area contributed by atoms with E-state index in [4.69, 9.17) is 16.3 Å². The summed E-state index contributed by atoms with van der Waals surface area (Å²) in [7, 11) is -3.49. The van der Waals surface area contributed by atoms with Gasteiger partial charge in [0.2, 0.25) is 5.91 Å². The molecule has 0 bridgehead atoms. The van der Waals surface area contributed by atoms with Gasteiger partial charge in [0.25, 0.3) is 10.0 Å². The maximum Gasteiger partial charge on any atom is 0.252 e. The lowest BCUT2D eigenvalue weighted by Gasteiger charge is -2.25. The number of nitrogens with zero attached hydrogens (tertiary/aromatic N) is 1. The largest absolute Gasteiger partial charge is 0.379 e. The molecule has 2 fully saturated rings. The summed E-state index contributed by atoms with van der Waals surface area (Å²) < 4.78 is 32.3. The quantitative estimate of drug-likeness (QED) is 0.749. The second kappa shape index (κ2) is 8.12.